The summed E-state index contributed by atoms with van der Waals surface area (Å²) in [5.41, 5.74) is -0.308. The van der Waals surface area contributed by atoms with Crippen molar-refractivity contribution in [2.24, 2.45) is 0 Å². The fraction of sp³-hybridized carbons (Fsp3) is 0.647. The maximum absolute atomic E-state index is 12.3. The van der Waals surface area contributed by atoms with Gasteiger partial charge in [-0.25, -0.2) is 4.79 Å². The second kappa shape index (κ2) is 7.45. The molecule has 2 fully saturated rings. The number of ether oxygens (including phenoxy) is 3. The quantitative estimate of drug-likeness (QED) is 0.793. The number of fused-ring (bicyclic) bond motifs is 1. The summed E-state index contributed by atoms with van der Waals surface area (Å²) in [6.45, 7) is 0.632. The van der Waals surface area contributed by atoms with Gasteiger partial charge in [-0.1, -0.05) is 0 Å². The van der Waals surface area contributed by atoms with E-state index in [1.54, 1.807) is 12.3 Å². The molecule has 0 amide bonds. The number of rotatable bonds is 5. The molecule has 0 radical (unpaired) electrons. The van der Waals surface area contributed by atoms with Crippen molar-refractivity contribution < 1.29 is 28.8 Å². The number of hydrogen-bond donors (Lipinski definition) is 2. The lowest BCUT2D eigenvalue weighted by Gasteiger charge is -2.22. The van der Waals surface area contributed by atoms with Gasteiger partial charge < -0.3 is 28.8 Å². The summed E-state index contributed by atoms with van der Waals surface area (Å²) in [4.78, 5) is 16.2. The third kappa shape index (κ3) is 3.53. The number of nitrogens with zero attached hydrogens (tertiary/aromatic N) is 2. The topological polar surface area (TPSA) is 116 Å². The molecule has 2 aliphatic heterocycles. The van der Waals surface area contributed by atoms with Gasteiger partial charge in [-0.3, -0.25) is 4.57 Å². The third-order valence-electron chi connectivity index (χ3n) is 4.73. The van der Waals surface area contributed by atoms with Crippen LogP contribution in [0, 0.1) is 0 Å². The van der Waals surface area contributed by atoms with Crippen molar-refractivity contribution in [3.05, 3.63) is 28.5 Å². The number of aromatic nitrogens is 2. The van der Waals surface area contributed by atoms with E-state index >= 15 is 0 Å². The molecular weight excluding hydrogens is 344 g/mol. The second-order valence-electron chi connectivity index (χ2n) is 6.63. The van der Waals surface area contributed by atoms with Gasteiger partial charge in [0.25, 0.3) is 0 Å². The Balaban J connectivity index is 1.50. The normalized spacial score (nSPS) is 29.5. The summed E-state index contributed by atoms with van der Waals surface area (Å²) < 4.78 is 23.6. The van der Waals surface area contributed by atoms with Crippen LogP contribution < -0.4 is 5.69 Å². The third-order valence-corrected chi connectivity index (χ3v) is 4.73. The van der Waals surface area contributed by atoms with E-state index in [2.05, 4.69) is 4.98 Å². The Morgan fingerprint density at radius 2 is 2.27 bits per heavy atom. The Morgan fingerprint density at radius 3 is 3.00 bits per heavy atom. The highest BCUT2D eigenvalue weighted by atomic mass is 16.7. The summed E-state index contributed by atoms with van der Waals surface area (Å²) in [5.74, 6) is 0.555. The minimum atomic E-state index is -0.823. The van der Waals surface area contributed by atoms with Crippen LogP contribution in [0.2, 0.25) is 0 Å². The van der Waals surface area contributed by atoms with Gasteiger partial charge in [-0.05, 0) is 25.3 Å². The Bertz CT molecular complexity index is 811. The van der Waals surface area contributed by atoms with Gasteiger partial charge in [-0.15, -0.1) is 0 Å². The van der Waals surface area contributed by atoms with E-state index in [0.29, 0.717) is 17.8 Å². The number of furan rings is 1. The van der Waals surface area contributed by atoms with Crippen LogP contribution in [0.1, 0.15) is 37.7 Å². The van der Waals surface area contributed by atoms with Crippen LogP contribution in [0.3, 0.4) is 0 Å². The molecule has 0 aliphatic carbocycles. The number of hydrogen-bond acceptors (Lipinski definition) is 8. The molecule has 4 atom stereocenters. The molecule has 4 rings (SSSR count). The summed E-state index contributed by atoms with van der Waals surface area (Å²) in [6, 6.07) is 1.76. The first-order valence-electron chi connectivity index (χ1n) is 8.83. The van der Waals surface area contributed by atoms with Crippen molar-refractivity contribution in [2.75, 3.05) is 13.2 Å². The first kappa shape index (κ1) is 17.6. The SMILES string of the molecule is O=c1nc2oc(COC3CCCCO3)cc2cn1C1C[C@H](O)[C@@H](CO)O1. The Labute approximate surface area is 149 Å². The molecule has 2 saturated heterocycles. The van der Waals surface area contributed by atoms with Crippen LogP contribution in [0.15, 0.2) is 21.5 Å². The van der Waals surface area contributed by atoms with Gasteiger partial charge in [0.05, 0.1) is 18.1 Å². The molecule has 0 spiro atoms. The molecule has 2 N–H and O–H groups in total. The lowest BCUT2D eigenvalue weighted by atomic mass is 10.2. The fourth-order valence-corrected chi connectivity index (χ4v) is 3.32. The predicted molar refractivity (Wildman–Crippen MR) is 88.3 cm³/mol. The highest BCUT2D eigenvalue weighted by Crippen LogP contribution is 2.28. The van der Waals surface area contributed by atoms with Gasteiger partial charge in [-0.2, -0.15) is 4.98 Å². The molecule has 0 bridgehead atoms. The van der Waals surface area contributed by atoms with E-state index < -0.39 is 24.1 Å². The van der Waals surface area contributed by atoms with Crippen LogP contribution in [0.5, 0.6) is 0 Å². The lowest BCUT2D eigenvalue weighted by Crippen LogP contribution is -2.27. The van der Waals surface area contributed by atoms with Crippen molar-refractivity contribution in [1.29, 1.82) is 0 Å². The van der Waals surface area contributed by atoms with E-state index in [1.165, 1.54) is 4.57 Å². The van der Waals surface area contributed by atoms with Crippen LogP contribution in [0.4, 0.5) is 0 Å². The highest BCUT2D eigenvalue weighted by Gasteiger charge is 2.35. The Hall–Kier alpha value is -1.78. The minimum absolute atomic E-state index is 0.213. The largest absolute Gasteiger partial charge is 0.440 e. The van der Waals surface area contributed by atoms with Crippen LogP contribution in [-0.2, 0) is 20.8 Å². The average Bonchev–Trinajstić information content (AvgIpc) is 3.22. The molecule has 0 saturated carbocycles. The summed E-state index contributed by atoms with van der Waals surface area (Å²) in [6.07, 6.45) is 2.37. The zero-order valence-electron chi connectivity index (χ0n) is 14.2. The van der Waals surface area contributed by atoms with E-state index in [1.807, 2.05) is 0 Å². The number of aliphatic hydroxyl groups excluding tert-OH is 2. The molecular formula is C17H22N2O7. The summed E-state index contributed by atoms with van der Waals surface area (Å²) in [7, 11) is 0. The smallest absolute Gasteiger partial charge is 0.353 e. The van der Waals surface area contributed by atoms with Crippen LogP contribution in [-0.4, -0.2) is 51.5 Å². The first-order valence-corrected chi connectivity index (χ1v) is 8.83. The molecule has 0 aromatic carbocycles. The van der Waals surface area contributed by atoms with Gasteiger partial charge in [0.15, 0.2) is 6.29 Å². The maximum atomic E-state index is 12.3. The molecule has 2 aromatic rings. The first-order chi connectivity index (χ1) is 12.6. The van der Waals surface area contributed by atoms with Crippen molar-refractivity contribution in [1.82, 2.24) is 9.55 Å². The van der Waals surface area contributed by atoms with E-state index in [-0.39, 0.29) is 31.6 Å². The van der Waals surface area contributed by atoms with E-state index in [4.69, 9.17) is 18.6 Å². The molecule has 4 heterocycles. The Morgan fingerprint density at radius 1 is 1.38 bits per heavy atom. The van der Waals surface area contributed by atoms with Crippen molar-refractivity contribution >= 4 is 11.1 Å². The monoisotopic (exact) mass is 366 g/mol. The predicted octanol–water partition coefficient (Wildman–Crippen LogP) is 0.673. The molecule has 142 valence electrons. The summed E-state index contributed by atoms with van der Waals surface area (Å²) in [5, 5.41) is 19.7. The molecule has 9 nitrogen and oxygen atoms in total. The Kier molecular flexibility index (Phi) is 5.05. The highest BCUT2D eigenvalue weighted by molar-refractivity contribution is 5.72. The maximum Gasteiger partial charge on any atom is 0.353 e. The molecule has 9 heteroatoms. The van der Waals surface area contributed by atoms with Crippen molar-refractivity contribution in [3.63, 3.8) is 0 Å². The standard InChI is InChI=1S/C17H22N2O7/c20-8-13-12(21)6-14(26-13)19-7-10-5-11(25-16(10)18-17(19)22)9-24-15-3-1-2-4-23-15/h5,7,12-15,20-21H,1-4,6,8-9H2/t12-,13+,14?,15?/m0/s1. The van der Waals surface area contributed by atoms with Crippen molar-refractivity contribution in [3.8, 4) is 0 Å². The van der Waals surface area contributed by atoms with Gasteiger partial charge in [0, 0.05) is 19.2 Å². The van der Waals surface area contributed by atoms with Crippen LogP contribution >= 0.6 is 0 Å². The number of aliphatic hydroxyl groups is 2. The van der Waals surface area contributed by atoms with Gasteiger partial charge in [0.2, 0.25) is 5.71 Å². The molecule has 2 aliphatic rings. The molecule has 2 unspecified atom stereocenters. The summed E-state index contributed by atoms with van der Waals surface area (Å²) >= 11 is 0. The van der Waals surface area contributed by atoms with Crippen molar-refractivity contribution in [2.45, 2.75) is 57.0 Å². The average molecular weight is 366 g/mol. The lowest BCUT2D eigenvalue weighted by molar-refractivity contribution is -0.171. The zero-order valence-corrected chi connectivity index (χ0v) is 14.2. The van der Waals surface area contributed by atoms with E-state index in [9.17, 15) is 15.0 Å². The fourth-order valence-electron chi connectivity index (χ4n) is 3.32. The van der Waals surface area contributed by atoms with Gasteiger partial charge >= 0.3 is 5.69 Å². The second-order valence-corrected chi connectivity index (χ2v) is 6.63. The molecule has 26 heavy (non-hydrogen) atoms. The molecule has 2 aromatic heterocycles. The van der Waals surface area contributed by atoms with E-state index in [0.717, 1.165) is 19.3 Å². The van der Waals surface area contributed by atoms with Crippen LogP contribution in [0.25, 0.3) is 11.1 Å². The van der Waals surface area contributed by atoms with Gasteiger partial charge in [0.1, 0.15) is 24.7 Å². The zero-order chi connectivity index (χ0) is 18.1. The minimum Gasteiger partial charge on any atom is -0.440 e.